The summed E-state index contributed by atoms with van der Waals surface area (Å²) in [6, 6.07) is 0. The van der Waals surface area contributed by atoms with E-state index >= 15 is 0 Å². The molecule has 0 atom stereocenters. The topological polar surface area (TPSA) is 28.9 Å². The molecule has 0 amide bonds. The normalized spacial score (nSPS) is 10.6. The molecular weight excluding hydrogens is 164 g/mol. The van der Waals surface area contributed by atoms with Crippen molar-refractivity contribution in [3.05, 3.63) is 18.2 Å². The van der Waals surface area contributed by atoms with Gasteiger partial charge in [-0.05, 0) is 6.42 Å². The number of aromatic nitrogens is 2. The number of imidazole rings is 1. The van der Waals surface area contributed by atoms with E-state index in [1.54, 1.807) is 7.11 Å². The average molecular weight is 183 g/mol. The maximum atomic E-state index is 5.02. The molecule has 1 rings (SSSR count). The SMILES string of the molecule is CCCc1[nH]cc[n+]1CCCOC. The smallest absolute Gasteiger partial charge is 0.254 e. The van der Waals surface area contributed by atoms with Crippen LogP contribution in [0.4, 0.5) is 0 Å². The molecule has 0 aliphatic rings. The predicted octanol–water partition coefficient (Wildman–Crippen LogP) is 1.29. The first-order valence-corrected chi connectivity index (χ1v) is 4.93. The van der Waals surface area contributed by atoms with Crippen LogP contribution in [-0.2, 0) is 17.7 Å². The second-order valence-electron chi connectivity index (χ2n) is 3.20. The number of aromatic amines is 1. The number of nitrogens with one attached hydrogen (secondary N) is 1. The van der Waals surface area contributed by atoms with Crippen LogP contribution >= 0.6 is 0 Å². The molecule has 1 aromatic rings. The summed E-state index contributed by atoms with van der Waals surface area (Å²) in [5, 5.41) is 0. The lowest BCUT2D eigenvalue weighted by Gasteiger charge is -1.99. The van der Waals surface area contributed by atoms with Gasteiger partial charge in [0, 0.05) is 26.6 Å². The van der Waals surface area contributed by atoms with E-state index in [4.69, 9.17) is 4.74 Å². The van der Waals surface area contributed by atoms with Crippen LogP contribution in [0, 0.1) is 0 Å². The number of hydrogen-bond acceptors (Lipinski definition) is 1. The van der Waals surface area contributed by atoms with Crippen LogP contribution < -0.4 is 4.57 Å². The zero-order chi connectivity index (χ0) is 9.52. The lowest BCUT2D eigenvalue weighted by molar-refractivity contribution is -0.703. The number of rotatable bonds is 6. The Morgan fingerprint density at radius 1 is 1.54 bits per heavy atom. The Bertz CT molecular complexity index is 233. The van der Waals surface area contributed by atoms with Gasteiger partial charge in [-0.15, -0.1) is 0 Å². The van der Waals surface area contributed by atoms with Gasteiger partial charge in [0.25, 0.3) is 5.82 Å². The van der Waals surface area contributed by atoms with Crippen LogP contribution in [0.5, 0.6) is 0 Å². The van der Waals surface area contributed by atoms with E-state index in [2.05, 4.69) is 22.7 Å². The highest BCUT2D eigenvalue weighted by molar-refractivity contribution is 4.76. The monoisotopic (exact) mass is 183 g/mol. The highest BCUT2D eigenvalue weighted by Crippen LogP contribution is 1.93. The van der Waals surface area contributed by atoms with Crippen molar-refractivity contribution in [2.45, 2.75) is 32.7 Å². The van der Waals surface area contributed by atoms with Crippen molar-refractivity contribution < 1.29 is 9.30 Å². The maximum Gasteiger partial charge on any atom is 0.254 e. The van der Waals surface area contributed by atoms with E-state index < -0.39 is 0 Å². The van der Waals surface area contributed by atoms with Crippen molar-refractivity contribution in [2.75, 3.05) is 13.7 Å². The molecule has 1 heterocycles. The van der Waals surface area contributed by atoms with Gasteiger partial charge in [0.05, 0.1) is 6.54 Å². The molecule has 0 saturated carbocycles. The molecule has 0 radical (unpaired) electrons. The van der Waals surface area contributed by atoms with Crippen molar-refractivity contribution in [3.8, 4) is 0 Å². The molecule has 3 nitrogen and oxygen atoms in total. The minimum Gasteiger partial charge on any atom is -0.385 e. The van der Waals surface area contributed by atoms with Crippen LogP contribution in [0.1, 0.15) is 25.6 Å². The van der Waals surface area contributed by atoms with E-state index in [0.717, 1.165) is 26.0 Å². The first kappa shape index (κ1) is 10.3. The van der Waals surface area contributed by atoms with Crippen LogP contribution in [-0.4, -0.2) is 18.7 Å². The number of ether oxygens (including phenoxy) is 1. The first-order valence-electron chi connectivity index (χ1n) is 4.93. The molecule has 0 aliphatic carbocycles. The fourth-order valence-electron chi connectivity index (χ4n) is 1.44. The van der Waals surface area contributed by atoms with Crippen LogP contribution in [0.15, 0.2) is 12.4 Å². The molecule has 0 aromatic carbocycles. The maximum absolute atomic E-state index is 5.02. The van der Waals surface area contributed by atoms with Gasteiger partial charge in [0.2, 0.25) is 0 Å². The van der Waals surface area contributed by atoms with E-state index in [1.807, 2.05) is 6.20 Å². The van der Waals surface area contributed by atoms with Gasteiger partial charge in [-0.2, -0.15) is 0 Å². The third-order valence-corrected chi connectivity index (χ3v) is 2.09. The summed E-state index contributed by atoms with van der Waals surface area (Å²) in [7, 11) is 1.74. The van der Waals surface area contributed by atoms with Gasteiger partial charge < -0.3 is 4.74 Å². The van der Waals surface area contributed by atoms with Crippen LogP contribution in [0.3, 0.4) is 0 Å². The summed E-state index contributed by atoms with van der Waals surface area (Å²) >= 11 is 0. The van der Waals surface area contributed by atoms with Crippen LogP contribution in [0.2, 0.25) is 0 Å². The Morgan fingerprint density at radius 2 is 2.38 bits per heavy atom. The zero-order valence-electron chi connectivity index (χ0n) is 8.55. The largest absolute Gasteiger partial charge is 0.385 e. The summed E-state index contributed by atoms with van der Waals surface area (Å²) < 4.78 is 7.28. The van der Waals surface area contributed by atoms with Crippen molar-refractivity contribution >= 4 is 0 Å². The predicted molar refractivity (Wildman–Crippen MR) is 51.5 cm³/mol. The molecule has 1 aromatic heterocycles. The summed E-state index contributed by atoms with van der Waals surface area (Å²) in [5.74, 6) is 1.32. The molecule has 0 saturated heterocycles. The Morgan fingerprint density at radius 3 is 3.08 bits per heavy atom. The summed E-state index contributed by atoms with van der Waals surface area (Å²) in [4.78, 5) is 3.26. The van der Waals surface area contributed by atoms with E-state index in [-0.39, 0.29) is 0 Å². The minimum atomic E-state index is 0.837. The molecule has 3 heteroatoms. The highest BCUT2D eigenvalue weighted by atomic mass is 16.5. The van der Waals surface area contributed by atoms with E-state index in [1.165, 1.54) is 12.2 Å². The molecule has 0 spiro atoms. The van der Waals surface area contributed by atoms with Crippen molar-refractivity contribution in [2.24, 2.45) is 0 Å². The number of aryl methyl sites for hydroxylation is 2. The second-order valence-corrected chi connectivity index (χ2v) is 3.20. The number of H-pyrrole nitrogens is 1. The molecule has 0 unspecified atom stereocenters. The Labute approximate surface area is 79.7 Å². The fraction of sp³-hybridized carbons (Fsp3) is 0.700. The quantitative estimate of drug-likeness (QED) is 0.522. The summed E-state index contributed by atoms with van der Waals surface area (Å²) in [6.45, 7) is 4.08. The minimum absolute atomic E-state index is 0.837. The average Bonchev–Trinajstić information content (AvgIpc) is 2.54. The van der Waals surface area contributed by atoms with E-state index in [9.17, 15) is 0 Å². The van der Waals surface area contributed by atoms with Crippen LogP contribution in [0.25, 0.3) is 0 Å². The van der Waals surface area contributed by atoms with Gasteiger partial charge in [0.15, 0.2) is 0 Å². The Hall–Kier alpha value is -0.830. The van der Waals surface area contributed by atoms with Crippen molar-refractivity contribution in [1.82, 2.24) is 4.98 Å². The van der Waals surface area contributed by atoms with Gasteiger partial charge in [0.1, 0.15) is 12.4 Å². The number of hydrogen-bond donors (Lipinski definition) is 1. The van der Waals surface area contributed by atoms with Gasteiger partial charge >= 0.3 is 0 Å². The zero-order valence-corrected chi connectivity index (χ0v) is 8.55. The van der Waals surface area contributed by atoms with Gasteiger partial charge in [-0.3, -0.25) is 0 Å². The summed E-state index contributed by atoms with van der Waals surface area (Å²) in [6.07, 6.45) is 7.49. The van der Waals surface area contributed by atoms with Gasteiger partial charge in [-0.1, -0.05) is 6.92 Å². The molecule has 74 valence electrons. The third kappa shape index (κ3) is 3.19. The second kappa shape index (κ2) is 5.75. The fourth-order valence-corrected chi connectivity index (χ4v) is 1.44. The lowest BCUT2D eigenvalue weighted by Crippen LogP contribution is -2.36. The highest BCUT2D eigenvalue weighted by Gasteiger charge is 2.07. The molecular formula is C10H19N2O+. The Kier molecular flexibility index (Phi) is 4.54. The summed E-state index contributed by atoms with van der Waals surface area (Å²) in [5.41, 5.74) is 0. The van der Waals surface area contributed by atoms with E-state index in [0.29, 0.717) is 0 Å². The molecule has 0 aliphatic heterocycles. The number of methoxy groups -OCH3 is 1. The lowest BCUT2D eigenvalue weighted by atomic mass is 10.3. The molecule has 0 fully saturated rings. The Balaban J connectivity index is 2.40. The van der Waals surface area contributed by atoms with Gasteiger partial charge in [-0.25, -0.2) is 9.55 Å². The molecule has 1 N–H and O–H groups in total. The molecule has 0 bridgehead atoms. The molecule has 13 heavy (non-hydrogen) atoms. The first-order chi connectivity index (χ1) is 6.38. The standard InChI is InChI=1S/C10H18N2O/c1-3-5-10-11-6-8-12(10)7-4-9-13-2/h6,8H,3-5,7,9H2,1-2H3/p+1. The van der Waals surface area contributed by atoms with Crippen molar-refractivity contribution in [3.63, 3.8) is 0 Å². The van der Waals surface area contributed by atoms with Crippen molar-refractivity contribution in [1.29, 1.82) is 0 Å². The number of nitrogens with zero attached hydrogens (tertiary/aromatic N) is 1. The third-order valence-electron chi connectivity index (χ3n) is 2.09.